The number of benzene rings is 3. The largest absolute Gasteiger partial charge is 0.506 e. The Morgan fingerprint density at radius 3 is 2.44 bits per heavy atom. The Morgan fingerprint density at radius 2 is 1.84 bits per heavy atom. The summed E-state index contributed by atoms with van der Waals surface area (Å²) < 4.78 is 18.6. The van der Waals surface area contributed by atoms with Crippen molar-refractivity contribution in [3.63, 3.8) is 0 Å². The van der Waals surface area contributed by atoms with E-state index >= 15 is 0 Å². The lowest BCUT2D eigenvalue weighted by molar-refractivity contribution is -0.384. The van der Waals surface area contributed by atoms with Crippen molar-refractivity contribution < 1.29 is 24.0 Å². The van der Waals surface area contributed by atoms with Crippen molar-refractivity contribution in [3.05, 3.63) is 99.4 Å². The van der Waals surface area contributed by atoms with Crippen LogP contribution in [0.2, 0.25) is 0 Å². The number of anilines is 1. The van der Waals surface area contributed by atoms with E-state index in [-0.39, 0.29) is 29.4 Å². The van der Waals surface area contributed by atoms with Gasteiger partial charge in [-0.15, -0.1) is 0 Å². The van der Waals surface area contributed by atoms with Crippen LogP contribution in [-0.4, -0.2) is 15.9 Å². The number of carbonyl (C=O) groups is 1. The normalized spacial score (nSPS) is 10.8. The molecule has 0 unspecified atom stereocenters. The summed E-state index contributed by atoms with van der Waals surface area (Å²) in [5, 5.41) is 32.3. The number of amides is 1. The van der Waals surface area contributed by atoms with Gasteiger partial charge < -0.3 is 15.2 Å². The first kappa shape index (κ1) is 22.0. The first-order chi connectivity index (χ1) is 15.4. The van der Waals surface area contributed by atoms with Gasteiger partial charge in [0.15, 0.2) is 0 Å². The molecule has 0 saturated carbocycles. The average Bonchev–Trinajstić information content (AvgIpc) is 2.79. The van der Waals surface area contributed by atoms with E-state index < -0.39 is 16.6 Å². The van der Waals surface area contributed by atoms with E-state index in [4.69, 9.17) is 4.74 Å². The topological polar surface area (TPSA) is 125 Å². The zero-order valence-electron chi connectivity index (χ0n) is 16.5. The van der Waals surface area contributed by atoms with Gasteiger partial charge in [-0.3, -0.25) is 14.9 Å². The lowest BCUT2D eigenvalue weighted by Gasteiger charge is -2.08. The van der Waals surface area contributed by atoms with Gasteiger partial charge in [0.1, 0.15) is 35.6 Å². The van der Waals surface area contributed by atoms with E-state index in [2.05, 4.69) is 5.32 Å². The van der Waals surface area contributed by atoms with Crippen molar-refractivity contribution in [1.29, 1.82) is 5.26 Å². The third kappa shape index (κ3) is 5.67. The molecule has 0 fully saturated rings. The van der Waals surface area contributed by atoms with Crippen molar-refractivity contribution >= 4 is 23.4 Å². The number of carbonyl (C=O) groups excluding carboxylic acids is 1. The van der Waals surface area contributed by atoms with E-state index in [0.29, 0.717) is 11.3 Å². The number of phenols is 1. The summed E-state index contributed by atoms with van der Waals surface area (Å²) in [5.41, 5.74) is 0.722. The molecular formula is C23H16FN3O5. The fourth-order valence-corrected chi connectivity index (χ4v) is 2.65. The number of halogens is 1. The smallest absolute Gasteiger partial charge is 0.273 e. The summed E-state index contributed by atoms with van der Waals surface area (Å²) in [7, 11) is 0. The number of rotatable bonds is 7. The fourth-order valence-electron chi connectivity index (χ4n) is 2.65. The molecule has 0 atom stereocenters. The van der Waals surface area contributed by atoms with Crippen LogP contribution in [0.1, 0.15) is 11.1 Å². The van der Waals surface area contributed by atoms with Crippen LogP contribution in [0.5, 0.6) is 11.5 Å². The maximum atomic E-state index is 12.9. The first-order valence-corrected chi connectivity index (χ1v) is 9.23. The van der Waals surface area contributed by atoms with Crippen LogP contribution in [0.4, 0.5) is 15.8 Å². The highest BCUT2D eigenvalue weighted by molar-refractivity contribution is 6.10. The minimum absolute atomic E-state index is 0.0636. The number of nitriles is 1. The Morgan fingerprint density at radius 1 is 1.16 bits per heavy atom. The molecule has 2 N–H and O–H groups in total. The van der Waals surface area contributed by atoms with Gasteiger partial charge in [-0.25, -0.2) is 4.39 Å². The fraction of sp³-hybridized carbons (Fsp3) is 0.0435. The zero-order valence-corrected chi connectivity index (χ0v) is 16.5. The third-order valence-electron chi connectivity index (χ3n) is 4.32. The van der Waals surface area contributed by atoms with Crippen LogP contribution in [0.25, 0.3) is 6.08 Å². The van der Waals surface area contributed by atoms with Crippen molar-refractivity contribution in [1.82, 2.24) is 0 Å². The van der Waals surface area contributed by atoms with Gasteiger partial charge in [-0.1, -0.05) is 24.3 Å². The molecule has 0 spiro atoms. The molecule has 0 radical (unpaired) electrons. The van der Waals surface area contributed by atoms with Gasteiger partial charge in [0.25, 0.3) is 11.6 Å². The molecule has 1 amide bonds. The Hall–Kier alpha value is -4.71. The molecule has 3 rings (SSSR count). The van der Waals surface area contributed by atoms with Gasteiger partial charge in [0, 0.05) is 6.07 Å². The number of non-ortho nitro benzene ring substituents is 1. The summed E-state index contributed by atoms with van der Waals surface area (Å²) in [5.74, 6) is -1.06. The highest BCUT2D eigenvalue weighted by Crippen LogP contribution is 2.28. The zero-order chi connectivity index (χ0) is 23.1. The molecular weight excluding hydrogens is 417 g/mol. The highest BCUT2D eigenvalue weighted by Gasteiger charge is 2.15. The van der Waals surface area contributed by atoms with E-state index in [1.807, 2.05) is 0 Å². The number of nitro groups is 1. The number of nitro benzene ring substituents is 1. The molecule has 3 aromatic rings. The van der Waals surface area contributed by atoms with Gasteiger partial charge in [-0.05, 0) is 47.5 Å². The minimum Gasteiger partial charge on any atom is -0.506 e. The summed E-state index contributed by atoms with van der Waals surface area (Å²) in [4.78, 5) is 22.4. The van der Waals surface area contributed by atoms with E-state index in [0.717, 1.165) is 17.7 Å². The summed E-state index contributed by atoms with van der Waals surface area (Å²) >= 11 is 0. The monoisotopic (exact) mass is 433 g/mol. The standard InChI is InChI=1S/C23H16FN3O5/c24-18-5-1-16(2-6-18)14-32-20-8-3-15(4-9-20)11-17(13-25)23(29)26-21-10-7-19(27(30)31)12-22(21)28/h1-12,28H,14H2,(H,26,29). The van der Waals surface area contributed by atoms with E-state index in [9.17, 15) is 29.7 Å². The van der Waals surface area contributed by atoms with E-state index in [1.165, 1.54) is 24.3 Å². The molecule has 0 bridgehead atoms. The SMILES string of the molecule is N#CC(=Cc1ccc(OCc2ccc(F)cc2)cc1)C(=O)Nc1ccc([N+](=O)[O-])cc1O. The second-order valence-corrected chi connectivity index (χ2v) is 6.57. The van der Waals surface area contributed by atoms with Gasteiger partial charge >= 0.3 is 0 Å². The molecule has 9 heteroatoms. The highest BCUT2D eigenvalue weighted by atomic mass is 19.1. The lowest BCUT2D eigenvalue weighted by atomic mass is 10.1. The van der Waals surface area contributed by atoms with Crippen molar-refractivity contribution in [2.75, 3.05) is 5.32 Å². The van der Waals surface area contributed by atoms with Gasteiger partial charge in [0.05, 0.1) is 16.7 Å². The summed E-state index contributed by atoms with van der Waals surface area (Å²) in [6.07, 6.45) is 1.35. The molecule has 0 aliphatic carbocycles. The average molecular weight is 433 g/mol. The van der Waals surface area contributed by atoms with Crippen LogP contribution >= 0.6 is 0 Å². The molecule has 3 aromatic carbocycles. The van der Waals surface area contributed by atoms with E-state index in [1.54, 1.807) is 42.5 Å². The predicted octanol–water partition coefficient (Wildman–Crippen LogP) is 4.56. The number of aromatic hydroxyl groups is 1. The summed E-state index contributed by atoms with van der Waals surface area (Å²) in [6, 6.07) is 17.5. The van der Waals surface area contributed by atoms with Crippen molar-refractivity contribution in [2.45, 2.75) is 6.61 Å². The predicted molar refractivity (Wildman–Crippen MR) is 114 cm³/mol. The van der Waals surface area contributed by atoms with Crippen molar-refractivity contribution in [3.8, 4) is 17.6 Å². The van der Waals surface area contributed by atoms with Gasteiger partial charge in [0.2, 0.25) is 0 Å². The second kappa shape index (κ2) is 9.86. The molecule has 160 valence electrons. The van der Waals surface area contributed by atoms with Crippen molar-refractivity contribution in [2.24, 2.45) is 0 Å². The molecule has 0 aliphatic heterocycles. The number of hydrogen-bond acceptors (Lipinski definition) is 6. The number of ether oxygens (including phenoxy) is 1. The molecule has 32 heavy (non-hydrogen) atoms. The maximum Gasteiger partial charge on any atom is 0.273 e. The molecule has 0 heterocycles. The Balaban J connectivity index is 1.66. The van der Waals surface area contributed by atoms with Crippen LogP contribution in [0.3, 0.4) is 0 Å². The van der Waals surface area contributed by atoms with Crippen LogP contribution in [-0.2, 0) is 11.4 Å². The second-order valence-electron chi connectivity index (χ2n) is 6.57. The molecule has 8 nitrogen and oxygen atoms in total. The Kier molecular flexibility index (Phi) is 6.78. The first-order valence-electron chi connectivity index (χ1n) is 9.23. The molecule has 0 aromatic heterocycles. The Labute approximate surface area is 182 Å². The number of hydrogen-bond donors (Lipinski definition) is 2. The number of phenolic OH excluding ortho intramolecular Hbond substituents is 1. The van der Waals surface area contributed by atoms with Crippen LogP contribution in [0, 0.1) is 27.3 Å². The summed E-state index contributed by atoms with van der Waals surface area (Å²) in [6.45, 7) is 0.250. The number of nitrogens with one attached hydrogen (secondary N) is 1. The van der Waals surface area contributed by atoms with Gasteiger partial charge in [-0.2, -0.15) is 5.26 Å². The Bertz CT molecular complexity index is 1220. The number of nitrogens with zero attached hydrogens (tertiary/aromatic N) is 2. The van der Waals surface area contributed by atoms with Crippen LogP contribution in [0.15, 0.2) is 72.3 Å². The molecule has 0 saturated heterocycles. The lowest BCUT2D eigenvalue weighted by Crippen LogP contribution is -2.13. The third-order valence-corrected chi connectivity index (χ3v) is 4.32. The quantitative estimate of drug-likeness (QED) is 0.185. The molecule has 0 aliphatic rings. The van der Waals surface area contributed by atoms with Crippen LogP contribution < -0.4 is 10.1 Å². The minimum atomic E-state index is -0.784. The maximum absolute atomic E-state index is 12.9.